The van der Waals surface area contributed by atoms with E-state index in [4.69, 9.17) is 11.6 Å². The Morgan fingerprint density at radius 2 is 1.93 bits per heavy atom. The fourth-order valence-electron chi connectivity index (χ4n) is 4.29. The van der Waals surface area contributed by atoms with Crippen LogP contribution in [0.5, 0.6) is 0 Å². The van der Waals surface area contributed by atoms with Gasteiger partial charge < -0.3 is 20.6 Å². The van der Waals surface area contributed by atoms with Crippen molar-refractivity contribution < 1.29 is 9.90 Å². The fraction of sp³-hybridized carbons (Fsp3) is 0.409. The number of piperidine rings is 1. The molecule has 2 atom stereocenters. The molecule has 2 aliphatic heterocycles. The highest BCUT2D eigenvalue weighted by molar-refractivity contribution is 6.33. The standard InChI is InChI=1S/C22H26ClN3O2/c23-18-14-16(8-9-19(18)26-12-4-5-13-26)21(28)25-22(10-11-24-15-20(22)27)17-6-2-1-3-7-17/h1-3,6-9,14,20,24,27H,4-5,10-13,15H2,(H,25,28)/t20-,22+/m1/s1. The molecular formula is C22H26ClN3O2. The van der Waals surface area contributed by atoms with Crippen molar-refractivity contribution in [2.45, 2.75) is 30.9 Å². The molecule has 0 bridgehead atoms. The number of benzene rings is 2. The van der Waals surface area contributed by atoms with E-state index in [1.807, 2.05) is 42.5 Å². The van der Waals surface area contributed by atoms with Crippen molar-refractivity contribution in [1.82, 2.24) is 10.6 Å². The highest BCUT2D eigenvalue weighted by Crippen LogP contribution is 2.33. The van der Waals surface area contributed by atoms with Gasteiger partial charge in [-0.2, -0.15) is 0 Å². The van der Waals surface area contributed by atoms with Crippen molar-refractivity contribution in [3.05, 3.63) is 64.7 Å². The van der Waals surface area contributed by atoms with Gasteiger partial charge in [-0.1, -0.05) is 41.9 Å². The predicted octanol–water partition coefficient (Wildman–Crippen LogP) is 2.92. The van der Waals surface area contributed by atoms with Crippen molar-refractivity contribution in [3.63, 3.8) is 0 Å². The summed E-state index contributed by atoms with van der Waals surface area (Å²) in [4.78, 5) is 15.4. The first-order valence-corrected chi connectivity index (χ1v) is 10.3. The molecule has 148 valence electrons. The summed E-state index contributed by atoms with van der Waals surface area (Å²) in [5.41, 5.74) is 1.59. The van der Waals surface area contributed by atoms with Crippen molar-refractivity contribution in [2.75, 3.05) is 31.1 Å². The summed E-state index contributed by atoms with van der Waals surface area (Å²) >= 11 is 6.50. The zero-order valence-electron chi connectivity index (χ0n) is 15.8. The third-order valence-electron chi connectivity index (χ3n) is 5.88. The minimum absolute atomic E-state index is 0.223. The molecular weight excluding hydrogens is 374 g/mol. The highest BCUT2D eigenvalue weighted by atomic mass is 35.5. The highest BCUT2D eigenvalue weighted by Gasteiger charge is 2.43. The topological polar surface area (TPSA) is 64.6 Å². The number of rotatable bonds is 4. The van der Waals surface area contributed by atoms with E-state index in [1.54, 1.807) is 6.07 Å². The lowest BCUT2D eigenvalue weighted by Gasteiger charge is -2.43. The molecule has 2 fully saturated rings. The second kappa shape index (κ2) is 8.11. The molecule has 28 heavy (non-hydrogen) atoms. The first kappa shape index (κ1) is 19.2. The Kier molecular flexibility index (Phi) is 5.58. The van der Waals surface area contributed by atoms with Crippen LogP contribution in [0.3, 0.4) is 0 Å². The number of carbonyl (C=O) groups is 1. The Bertz CT molecular complexity index is 839. The average Bonchev–Trinajstić information content (AvgIpc) is 3.25. The summed E-state index contributed by atoms with van der Waals surface area (Å²) in [5.74, 6) is -0.223. The first-order chi connectivity index (χ1) is 13.6. The SMILES string of the molecule is O=C(N[C@]1(c2ccccc2)CCNC[C@H]1O)c1ccc(N2CCCC2)c(Cl)c1. The molecule has 6 heteroatoms. The minimum Gasteiger partial charge on any atom is -0.389 e. The van der Waals surface area contributed by atoms with E-state index in [0.717, 1.165) is 30.9 Å². The molecule has 2 aliphatic rings. The van der Waals surface area contributed by atoms with Crippen LogP contribution in [0.1, 0.15) is 35.2 Å². The third kappa shape index (κ3) is 3.62. The van der Waals surface area contributed by atoms with Gasteiger partial charge in [0.2, 0.25) is 0 Å². The van der Waals surface area contributed by atoms with E-state index in [1.165, 1.54) is 12.8 Å². The number of aliphatic hydroxyl groups is 1. The number of nitrogens with zero attached hydrogens (tertiary/aromatic N) is 1. The van der Waals surface area contributed by atoms with E-state index in [9.17, 15) is 9.90 Å². The van der Waals surface area contributed by atoms with Gasteiger partial charge in [0.1, 0.15) is 0 Å². The van der Waals surface area contributed by atoms with Crippen molar-refractivity contribution in [1.29, 1.82) is 0 Å². The molecule has 0 spiro atoms. The summed E-state index contributed by atoms with van der Waals surface area (Å²) < 4.78 is 0. The van der Waals surface area contributed by atoms with E-state index in [2.05, 4.69) is 15.5 Å². The fourth-order valence-corrected chi connectivity index (χ4v) is 4.59. The van der Waals surface area contributed by atoms with Gasteiger partial charge in [-0.3, -0.25) is 4.79 Å². The van der Waals surface area contributed by atoms with Gasteiger partial charge in [0, 0.05) is 25.2 Å². The molecule has 0 aromatic heterocycles. The molecule has 1 amide bonds. The second-order valence-corrected chi connectivity index (χ2v) is 8.03. The number of halogens is 1. The summed E-state index contributed by atoms with van der Waals surface area (Å²) in [5, 5.41) is 17.7. The number of carbonyl (C=O) groups excluding carboxylic acids is 1. The number of β-amino-alcohol motifs (C(OH)–C–C–N with tert-alkyl or cyclic N) is 1. The average molecular weight is 400 g/mol. The summed E-state index contributed by atoms with van der Waals surface area (Å²) in [7, 11) is 0. The van der Waals surface area contributed by atoms with Crippen LogP contribution >= 0.6 is 11.6 Å². The van der Waals surface area contributed by atoms with Crippen LogP contribution in [0.2, 0.25) is 5.02 Å². The Morgan fingerprint density at radius 1 is 1.18 bits per heavy atom. The molecule has 0 aliphatic carbocycles. The van der Waals surface area contributed by atoms with E-state index in [-0.39, 0.29) is 5.91 Å². The number of hydrogen-bond acceptors (Lipinski definition) is 4. The summed E-state index contributed by atoms with van der Waals surface area (Å²) in [6.45, 7) is 3.16. The molecule has 3 N–H and O–H groups in total. The summed E-state index contributed by atoms with van der Waals surface area (Å²) in [6, 6.07) is 15.2. The predicted molar refractivity (Wildman–Crippen MR) is 112 cm³/mol. The van der Waals surface area contributed by atoms with E-state index in [0.29, 0.717) is 23.6 Å². The van der Waals surface area contributed by atoms with Crippen molar-refractivity contribution in [2.24, 2.45) is 0 Å². The molecule has 2 heterocycles. The van der Waals surface area contributed by atoms with Crippen LogP contribution in [-0.2, 0) is 5.54 Å². The molecule has 4 rings (SSSR count). The van der Waals surface area contributed by atoms with Crippen molar-refractivity contribution >= 4 is 23.2 Å². The Morgan fingerprint density at radius 3 is 2.61 bits per heavy atom. The zero-order valence-corrected chi connectivity index (χ0v) is 16.6. The van der Waals surface area contributed by atoms with Gasteiger partial charge in [-0.25, -0.2) is 0 Å². The Balaban J connectivity index is 1.60. The molecule has 5 nitrogen and oxygen atoms in total. The first-order valence-electron chi connectivity index (χ1n) is 9.91. The van der Waals surface area contributed by atoms with Gasteiger partial charge >= 0.3 is 0 Å². The number of anilines is 1. The molecule has 0 saturated carbocycles. The normalized spacial score (nSPS) is 24.9. The van der Waals surface area contributed by atoms with Gasteiger partial charge in [0.15, 0.2) is 0 Å². The molecule has 0 radical (unpaired) electrons. The van der Waals surface area contributed by atoms with Gasteiger partial charge in [0.05, 0.1) is 22.4 Å². The lowest BCUT2D eigenvalue weighted by molar-refractivity contribution is 0.0290. The largest absolute Gasteiger partial charge is 0.389 e. The number of aliphatic hydroxyl groups excluding tert-OH is 1. The second-order valence-electron chi connectivity index (χ2n) is 7.62. The lowest BCUT2D eigenvalue weighted by atomic mass is 9.79. The maximum atomic E-state index is 13.1. The van der Waals surface area contributed by atoms with Crippen LogP contribution in [0.15, 0.2) is 48.5 Å². The lowest BCUT2D eigenvalue weighted by Crippen LogP contribution is -2.61. The van der Waals surface area contributed by atoms with Gasteiger partial charge in [-0.05, 0) is 49.6 Å². The van der Waals surface area contributed by atoms with Crippen LogP contribution in [0, 0.1) is 0 Å². The maximum Gasteiger partial charge on any atom is 0.252 e. The zero-order chi connectivity index (χ0) is 19.6. The maximum absolute atomic E-state index is 13.1. The molecule has 2 saturated heterocycles. The van der Waals surface area contributed by atoms with E-state index >= 15 is 0 Å². The van der Waals surface area contributed by atoms with Gasteiger partial charge in [0.25, 0.3) is 5.91 Å². The van der Waals surface area contributed by atoms with Gasteiger partial charge in [-0.15, -0.1) is 0 Å². The summed E-state index contributed by atoms with van der Waals surface area (Å²) in [6.07, 6.45) is 2.24. The van der Waals surface area contributed by atoms with Crippen LogP contribution in [0.25, 0.3) is 0 Å². The number of hydrogen-bond donors (Lipinski definition) is 3. The van der Waals surface area contributed by atoms with Crippen molar-refractivity contribution in [3.8, 4) is 0 Å². The Hall–Kier alpha value is -2.08. The number of nitrogens with one attached hydrogen (secondary N) is 2. The Labute approximate surface area is 170 Å². The third-order valence-corrected chi connectivity index (χ3v) is 6.19. The molecule has 2 aromatic rings. The number of amides is 1. The van der Waals surface area contributed by atoms with Crippen LogP contribution in [-0.4, -0.2) is 43.3 Å². The smallest absolute Gasteiger partial charge is 0.252 e. The van der Waals surface area contributed by atoms with Crippen LogP contribution < -0.4 is 15.5 Å². The monoisotopic (exact) mass is 399 g/mol. The van der Waals surface area contributed by atoms with E-state index < -0.39 is 11.6 Å². The molecule has 0 unspecified atom stereocenters. The minimum atomic E-state index is -0.816. The van der Waals surface area contributed by atoms with Crippen LogP contribution in [0.4, 0.5) is 5.69 Å². The molecule has 2 aromatic carbocycles. The quantitative estimate of drug-likeness (QED) is 0.739.